The van der Waals surface area contributed by atoms with Gasteiger partial charge < -0.3 is 19.8 Å². The molecule has 5 aromatic rings. The van der Waals surface area contributed by atoms with Crippen molar-refractivity contribution < 1.29 is 9.53 Å². The van der Waals surface area contributed by atoms with Crippen molar-refractivity contribution in [3.05, 3.63) is 150 Å². The highest BCUT2D eigenvalue weighted by Crippen LogP contribution is 2.44. The molecular formula is C36H35N3O2S3. The van der Waals surface area contributed by atoms with Gasteiger partial charge in [0.15, 0.2) is 0 Å². The van der Waals surface area contributed by atoms with Crippen molar-refractivity contribution >= 4 is 57.5 Å². The van der Waals surface area contributed by atoms with E-state index in [-0.39, 0.29) is 5.91 Å². The maximum Gasteiger partial charge on any atom is 0.267 e. The monoisotopic (exact) mass is 637 g/mol. The van der Waals surface area contributed by atoms with Crippen LogP contribution in [0.5, 0.6) is 5.75 Å². The van der Waals surface area contributed by atoms with E-state index < -0.39 is 4.75 Å². The summed E-state index contributed by atoms with van der Waals surface area (Å²) < 4.78 is 9.66. The molecule has 0 saturated carbocycles. The minimum absolute atomic E-state index is 0.146. The standard InChI is InChI=1S/C36H35N3O2S3/c1-3-4-5-6-13-20-36(28-15-9-7-10-16-28,29-17-11-8-12-18-29)43-23-21-37-35(40)32-25-27-24-30(41-2)26-31(34(27)38-32)39-44-33-19-14-22-42-33/h3-20,22,24-26,38-39H,21,23H2,1-2H3,(H,37,40)/b4-3-,6-5-,20-13+. The maximum atomic E-state index is 13.3. The molecule has 2 aromatic heterocycles. The summed E-state index contributed by atoms with van der Waals surface area (Å²) in [6.45, 7) is 2.51. The summed E-state index contributed by atoms with van der Waals surface area (Å²) in [5.74, 6) is 1.28. The summed E-state index contributed by atoms with van der Waals surface area (Å²) in [6, 6.07) is 30.9. The first-order chi connectivity index (χ1) is 21.6. The third-order valence-electron chi connectivity index (χ3n) is 6.92. The normalized spacial score (nSPS) is 12.0. The highest BCUT2D eigenvalue weighted by Gasteiger charge is 2.32. The van der Waals surface area contributed by atoms with Crippen LogP contribution in [0.4, 0.5) is 5.69 Å². The Labute approximate surface area is 271 Å². The van der Waals surface area contributed by atoms with Gasteiger partial charge in [-0.25, -0.2) is 0 Å². The van der Waals surface area contributed by atoms with Crippen molar-refractivity contribution in [2.45, 2.75) is 15.9 Å². The molecule has 0 spiro atoms. The minimum Gasteiger partial charge on any atom is -0.497 e. The fraction of sp³-hybridized carbons (Fsp3) is 0.139. The zero-order valence-corrected chi connectivity index (χ0v) is 27.1. The predicted octanol–water partition coefficient (Wildman–Crippen LogP) is 9.45. The summed E-state index contributed by atoms with van der Waals surface area (Å²) >= 11 is 5.00. The molecule has 44 heavy (non-hydrogen) atoms. The van der Waals surface area contributed by atoms with Gasteiger partial charge in [0.25, 0.3) is 5.91 Å². The Bertz CT molecular complexity index is 1690. The molecule has 5 rings (SSSR count). The highest BCUT2D eigenvalue weighted by molar-refractivity contribution is 8.02. The van der Waals surface area contributed by atoms with Crippen LogP contribution in [0.1, 0.15) is 28.5 Å². The molecule has 0 aliphatic heterocycles. The van der Waals surface area contributed by atoms with Crippen molar-refractivity contribution in [3.8, 4) is 5.75 Å². The maximum absolute atomic E-state index is 13.3. The van der Waals surface area contributed by atoms with E-state index in [1.165, 1.54) is 23.1 Å². The zero-order valence-electron chi connectivity index (χ0n) is 24.7. The van der Waals surface area contributed by atoms with Crippen LogP contribution in [0.2, 0.25) is 0 Å². The van der Waals surface area contributed by atoms with Crippen molar-refractivity contribution in [1.29, 1.82) is 0 Å². The van der Waals surface area contributed by atoms with Gasteiger partial charge in [0.05, 0.1) is 27.3 Å². The van der Waals surface area contributed by atoms with Crippen LogP contribution in [0, 0.1) is 0 Å². The average Bonchev–Trinajstić information content (AvgIpc) is 3.76. The van der Waals surface area contributed by atoms with Crippen LogP contribution in [0.25, 0.3) is 10.9 Å². The second-order valence-electron chi connectivity index (χ2n) is 9.80. The number of rotatable bonds is 14. The van der Waals surface area contributed by atoms with E-state index in [1.54, 1.807) is 30.2 Å². The van der Waals surface area contributed by atoms with Gasteiger partial charge in [-0.3, -0.25) is 4.79 Å². The van der Waals surface area contributed by atoms with E-state index >= 15 is 0 Å². The average molecular weight is 638 g/mol. The van der Waals surface area contributed by atoms with Gasteiger partial charge in [-0.2, -0.15) is 0 Å². The number of nitrogens with one attached hydrogen (secondary N) is 3. The highest BCUT2D eigenvalue weighted by atomic mass is 32.2. The molecule has 5 nitrogen and oxygen atoms in total. The number of fused-ring (bicyclic) bond motifs is 1. The number of ether oxygens (including phenoxy) is 1. The molecule has 0 aliphatic carbocycles. The van der Waals surface area contributed by atoms with Crippen molar-refractivity contribution in [2.24, 2.45) is 0 Å². The van der Waals surface area contributed by atoms with Crippen LogP contribution >= 0.6 is 35.0 Å². The number of amides is 1. The Morgan fingerprint density at radius 1 is 0.932 bits per heavy atom. The van der Waals surface area contributed by atoms with Gasteiger partial charge in [0.2, 0.25) is 0 Å². The second kappa shape index (κ2) is 15.6. The van der Waals surface area contributed by atoms with Crippen LogP contribution in [0.15, 0.2) is 137 Å². The Morgan fingerprint density at radius 3 is 2.32 bits per heavy atom. The lowest BCUT2D eigenvalue weighted by molar-refractivity contribution is 0.0952. The molecule has 2 heterocycles. The third kappa shape index (κ3) is 7.69. The van der Waals surface area contributed by atoms with Crippen LogP contribution in [-0.2, 0) is 4.75 Å². The number of methoxy groups -OCH3 is 1. The summed E-state index contributed by atoms with van der Waals surface area (Å²) in [6.07, 6.45) is 12.5. The summed E-state index contributed by atoms with van der Waals surface area (Å²) in [7, 11) is 1.65. The molecule has 1 amide bonds. The molecule has 0 atom stereocenters. The Morgan fingerprint density at radius 2 is 1.66 bits per heavy atom. The molecule has 0 radical (unpaired) electrons. The number of hydrogen-bond donors (Lipinski definition) is 3. The summed E-state index contributed by atoms with van der Waals surface area (Å²) in [5, 5.41) is 6.08. The molecule has 224 valence electrons. The van der Waals surface area contributed by atoms with E-state index in [0.29, 0.717) is 18.0 Å². The number of aromatic nitrogens is 1. The Hall–Kier alpha value is -4.11. The molecular weight excluding hydrogens is 603 g/mol. The summed E-state index contributed by atoms with van der Waals surface area (Å²) in [4.78, 5) is 16.7. The number of aromatic amines is 1. The summed E-state index contributed by atoms with van der Waals surface area (Å²) in [5.41, 5.74) is 4.59. The lowest BCUT2D eigenvalue weighted by Crippen LogP contribution is -2.28. The lowest BCUT2D eigenvalue weighted by atomic mass is 9.89. The fourth-order valence-corrected chi connectivity index (χ4v) is 7.57. The first kappa shape index (κ1) is 31.3. The first-order valence-corrected chi connectivity index (χ1v) is 17.0. The second-order valence-corrected chi connectivity index (χ2v) is 13.2. The molecule has 3 N–H and O–H groups in total. The van der Waals surface area contributed by atoms with E-state index in [1.807, 2.05) is 66.9 Å². The van der Waals surface area contributed by atoms with Crippen LogP contribution in [-0.4, -0.2) is 30.3 Å². The zero-order chi connectivity index (χ0) is 30.6. The van der Waals surface area contributed by atoms with Gasteiger partial charge in [-0.1, -0.05) is 103 Å². The van der Waals surface area contributed by atoms with Crippen LogP contribution in [0.3, 0.4) is 0 Å². The number of H-pyrrole nitrogens is 1. The number of benzene rings is 3. The van der Waals surface area contributed by atoms with Crippen molar-refractivity contribution in [1.82, 2.24) is 10.3 Å². The molecule has 0 fully saturated rings. The largest absolute Gasteiger partial charge is 0.497 e. The third-order valence-corrected chi connectivity index (χ3v) is 10.2. The predicted molar refractivity (Wildman–Crippen MR) is 190 cm³/mol. The van der Waals surface area contributed by atoms with Gasteiger partial charge in [-0.05, 0) is 53.6 Å². The van der Waals surface area contributed by atoms with Gasteiger partial charge in [-0.15, -0.1) is 23.1 Å². The number of carbonyl (C=O) groups is 1. The minimum atomic E-state index is -0.425. The van der Waals surface area contributed by atoms with E-state index in [4.69, 9.17) is 4.74 Å². The first-order valence-electron chi connectivity index (χ1n) is 14.3. The van der Waals surface area contributed by atoms with E-state index in [9.17, 15) is 4.79 Å². The van der Waals surface area contributed by atoms with Crippen molar-refractivity contribution in [2.75, 3.05) is 24.1 Å². The lowest BCUT2D eigenvalue weighted by Gasteiger charge is -2.32. The van der Waals surface area contributed by atoms with Crippen molar-refractivity contribution in [3.63, 3.8) is 0 Å². The Balaban J connectivity index is 1.33. The number of carbonyl (C=O) groups excluding carboxylic acids is 1. The number of allylic oxidation sites excluding steroid dienone is 5. The number of thioether (sulfide) groups is 1. The molecule has 0 bridgehead atoms. The number of thiophene rings is 1. The molecule has 0 aliphatic rings. The molecule has 3 aromatic carbocycles. The number of anilines is 1. The molecule has 0 saturated heterocycles. The van der Waals surface area contributed by atoms with Crippen LogP contribution < -0.4 is 14.8 Å². The van der Waals surface area contributed by atoms with E-state index in [0.717, 1.165) is 26.5 Å². The van der Waals surface area contributed by atoms with Gasteiger partial charge in [0, 0.05) is 23.8 Å². The number of hydrogen-bond acceptors (Lipinski definition) is 6. The molecule has 8 heteroatoms. The molecule has 0 unspecified atom stereocenters. The smallest absolute Gasteiger partial charge is 0.267 e. The quantitative estimate of drug-likeness (QED) is 0.0643. The SMILES string of the molecule is C\C=C/C=C\C=C\C(SCCNC(=O)c1cc2cc(OC)cc(NSc3cccs3)c2[nH]1)(c1ccccc1)c1ccccc1. The topological polar surface area (TPSA) is 66.2 Å². The van der Waals surface area contributed by atoms with E-state index in [2.05, 4.69) is 87.8 Å². The Kier molecular flexibility index (Phi) is 11.1. The van der Waals surface area contributed by atoms with Gasteiger partial charge >= 0.3 is 0 Å². The van der Waals surface area contributed by atoms with Gasteiger partial charge in [0.1, 0.15) is 11.4 Å². The fourth-order valence-electron chi connectivity index (χ4n) is 4.81.